The van der Waals surface area contributed by atoms with Crippen LogP contribution in [0.1, 0.15) is 44.2 Å². The smallest absolute Gasteiger partial charge is 0.415 e. The number of rotatable bonds is 8. The topological polar surface area (TPSA) is 38.8 Å². The van der Waals surface area contributed by atoms with Crippen LogP contribution in [0.25, 0.3) is 6.08 Å². The fourth-order valence-corrected chi connectivity index (χ4v) is 3.57. The van der Waals surface area contributed by atoms with Crippen LogP contribution in [-0.4, -0.2) is 30.2 Å². The van der Waals surface area contributed by atoms with Gasteiger partial charge in [0.2, 0.25) is 0 Å². The van der Waals surface area contributed by atoms with E-state index < -0.39 is 5.54 Å². The third-order valence-electron chi connectivity index (χ3n) is 5.44. The number of methoxy groups -OCH3 is 1. The van der Waals surface area contributed by atoms with Crippen LogP contribution in [0.5, 0.6) is 5.75 Å². The zero-order valence-corrected chi connectivity index (χ0v) is 17.0. The van der Waals surface area contributed by atoms with Crippen molar-refractivity contribution in [3.63, 3.8) is 0 Å². The average Bonchev–Trinajstić information content (AvgIpc) is 2.95. The highest BCUT2D eigenvalue weighted by atomic mass is 16.6. The number of ether oxygens (including phenoxy) is 2. The maximum Gasteiger partial charge on any atom is 0.415 e. The van der Waals surface area contributed by atoms with E-state index in [0.717, 1.165) is 42.8 Å². The summed E-state index contributed by atoms with van der Waals surface area (Å²) < 4.78 is 11.0. The zero-order valence-electron chi connectivity index (χ0n) is 17.0. The van der Waals surface area contributed by atoms with Crippen molar-refractivity contribution < 1.29 is 14.3 Å². The Morgan fingerprint density at radius 1 is 1.11 bits per heavy atom. The Balaban J connectivity index is 1.86. The zero-order chi connectivity index (χ0) is 20.0. The number of hydrogen-bond acceptors (Lipinski definition) is 3. The first-order valence-electron chi connectivity index (χ1n) is 9.96. The molecule has 148 valence electrons. The van der Waals surface area contributed by atoms with Gasteiger partial charge in [-0.05, 0) is 55.5 Å². The van der Waals surface area contributed by atoms with Crippen molar-refractivity contribution >= 4 is 12.2 Å². The molecular formula is C24H29NO3. The van der Waals surface area contributed by atoms with Crippen molar-refractivity contribution in [3.05, 3.63) is 71.5 Å². The van der Waals surface area contributed by atoms with Crippen molar-refractivity contribution in [1.82, 2.24) is 4.90 Å². The van der Waals surface area contributed by atoms with Gasteiger partial charge in [0.05, 0.1) is 7.11 Å². The molecule has 0 N–H and O–H groups in total. The minimum absolute atomic E-state index is 0.243. The molecule has 1 aliphatic rings. The predicted octanol–water partition coefficient (Wildman–Crippen LogP) is 5.68. The highest BCUT2D eigenvalue weighted by Crippen LogP contribution is 2.39. The predicted molar refractivity (Wildman–Crippen MR) is 112 cm³/mol. The second-order valence-electron chi connectivity index (χ2n) is 7.41. The van der Waals surface area contributed by atoms with E-state index in [-0.39, 0.29) is 6.09 Å². The average molecular weight is 380 g/mol. The minimum atomic E-state index is -0.456. The molecule has 1 fully saturated rings. The highest BCUT2D eigenvalue weighted by Gasteiger charge is 2.47. The number of cyclic esters (lactones) is 1. The molecular weight excluding hydrogens is 350 g/mol. The summed E-state index contributed by atoms with van der Waals surface area (Å²) in [4.78, 5) is 14.5. The van der Waals surface area contributed by atoms with Crippen molar-refractivity contribution in [2.24, 2.45) is 0 Å². The van der Waals surface area contributed by atoms with E-state index in [1.807, 2.05) is 53.4 Å². The van der Waals surface area contributed by atoms with Crippen molar-refractivity contribution in [3.8, 4) is 5.75 Å². The van der Waals surface area contributed by atoms with Crippen LogP contribution < -0.4 is 4.74 Å². The van der Waals surface area contributed by atoms with Crippen molar-refractivity contribution in [2.75, 3.05) is 13.7 Å². The molecule has 0 aliphatic carbocycles. The SMILES string of the molecule is CCCCN1C(=O)O/C(=C\c2ccccc2)C1(C)CCc1ccc(OC)cc1. The summed E-state index contributed by atoms with van der Waals surface area (Å²) >= 11 is 0. The Labute approximate surface area is 167 Å². The van der Waals surface area contributed by atoms with E-state index in [0.29, 0.717) is 6.54 Å². The van der Waals surface area contributed by atoms with Crippen LogP contribution in [0.4, 0.5) is 4.79 Å². The molecule has 0 aromatic heterocycles. The number of amides is 1. The maximum atomic E-state index is 12.6. The van der Waals surface area contributed by atoms with Crippen LogP contribution in [0, 0.1) is 0 Å². The molecule has 0 saturated carbocycles. The second kappa shape index (κ2) is 8.96. The number of aryl methyl sites for hydroxylation is 1. The lowest BCUT2D eigenvalue weighted by molar-refractivity contribution is 0.150. The molecule has 1 saturated heterocycles. The molecule has 2 aromatic carbocycles. The normalized spacial score (nSPS) is 20.5. The number of benzene rings is 2. The molecule has 28 heavy (non-hydrogen) atoms. The van der Waals surface area contributed by atoms with Crippen LogP contribution in [-0.2, 0) is 11.2 Å². The van der Waals surface area contributed by atoms with E-state index in [2.05, 4.69) is 26.0 Å². The quantitative estimate of drug-likeness (QED) is 0.592. The lowest BCUT2D eigenvalue weighted by Crippen LogP contribution is -2.44. The van der Waals surface area contributed by atoms with Gasteiger partial charge in [0.15, 0.2) is 0 Å². The van der Waals surface area contributed by atoms with Gasteiger partial charge < -0.3 is 9.47 Å². The molecule has 3 rings (SSSR count). The van der Waals surface area contributed by atoms with Gasteiger partial charge in [0.25, 0.3) is 0 Å². The van der Waals surface area contributed by atoms with Gasteiger partial charge in [-0.2, -0.15) is 0 Å². The molecule has 2 aromatic rings. The summed E-state index contributed by atoms with van der Waals surface area (Å²) in [5.74, 6) is 1.58. The number of carbonyl (C=O) groups excluding carboxylic acids is 1. The Morgan fingerprint density at radius 2 is 1.82 bits per heavy atom. The van der Waals surface area contributed by atoms with Crippen LogP contribution in [0.2, 0.25) is 0 Å². The molecule has 1 aliphatic heterocycles. The Kier molecular flexibility index (Phi) is 6.40. The lowest BCUT2D eigenvalue weighted by Gasteiger charge is -2.33. The third-order valence-corrected chi connectivity index (χ3v) is 5.44. The van der Waals surface area contributed by atoms with E-state index in [4.69, 9.17) is 9.47 Å². The number of unbranched alkanes of at least 4 members (excludes halogenated alkanes) is 1. The van der Waals surface area contributed by atoms with Crippen molar-refractivity contribution in [2.45, 2.75) is 45.1 Å². The van der Waals surface area contributed by atoms with E-state index in [9.17, 15) is 4.79 Å². The maximum absolute atomic E-state index is 12.6. The van der Waals surface area contributed by atoms with E-state index >= 15 is 0 Å². The van der Waals surface area contributed by atoms with Gasteiger partial charge >= 0.3 is 6.09 Å². The van der Waals surface area contributed by atoms with Gasteiger partial charge in [0, 0.05) is 6.54 Å². The fourth-order valence-electron chi connectivity index (χ4n) is 3.57. The summed E-state index contributed by atoms with van der Waals surface area (Å²) in [7, 11) is 1.67. The molecule has 4 nitrogen and oxygen atoms in total. The van der Waals surface area contributed by atoms with E-state index in [1.54, 1.807) is 7.11 Å². The van der Waals surface area contributed by atoms with Gasteiger partial charge in [-0.15, -0.1) is 0 Å². The molecule has 0 bridgehead atoms. The Hall–Kier alpha value is -2.75. The monoisotopic (exact) mass is 379 g/mol. The third kappa shape index (κ3) is 4.38. The van der Waals surface area contributed by atoms with Crippen LogP contribution in [0.3, 0.4) is 0 Å². The summed E-state index contributed by atoms with van der Waals surface area (Å²) in [6.45, 7) is 4.96. The summed E-state index contributed by atoms with van der Waals surface area (Å²) in [6.07, 6.45) is 5.41. The molecule has 0 spiro atoms. The van der Waals surface area contributed by atoms with Crippen LogP contribution >= 0.6 is 0 Å². The molecule has 1 heterocycles. The second-order valence-corrected chi connectivity index (χ2v) is 7.41. The first-order valence-corrected chi connectivity index (χ1v) is 9.96. The first kappa shape index (κ1) is 20.0. The van der Waals surface area contributed by atoms with Gasteiger partial charge in [0.1, 0.15) is 17.0 Å². The fraction of sp³-hybridized carbons (Fsp3) is 0.375. The Bertz CT molecular complexity index is 814. The van der Waals surface area contributed by atoms with E-state index in [1.165, 1.54) is 5.56 Å². The molecule has 1 unspecified atom stereocenters. The van der Waals surface area contributed by atoms with Gasteiger partial charge in [-0.1, -0.05) is 55.8 Å². The minimum Gasteiger partial charge on any atom is -0.497 e. The lowest BCUT2D eigenvalue weighted by atomic mass is 9.89. The number of hydrogen-bond donors (Lipinski definition) is 0. The summed E-state index contributed by atoms with van der Waals surface area (Å²) in [5.41, 5.74) is 1.80. The molecule has 0 radical (unpaired) electrons. The summed E-state index contributed by atoms with van der Waals surface area (Å²) in [6, 6.07) is 18.1. The first-order chi connectivity index (χ1) is 13.6. The van der Waals surface area contributed by atoms with Crippen LogP contribution in [0.15, 0.2) is 60.4 Å². The Morgan fingerprint density at radius 3 is 2.46 bits per heavy atom. The largest absolute Gasteiger partial charge is 0.497 e. The molecule has 4 heteroatoms. The van der Waals surface area contributed by atoms with Crippen molar-refractivity contribution in [1.29, 1.82) is 0 Å². The van der Waals surface area contributed by atoms with Gasteiger partial charge in [-0.25, -0.2) is 4.79 Å². The highest BCUT2D eigenvalue weighted by molar-refractivity contribution is 5.77. The number of carbonyl (C=O) groups is 1. The molecule has 1 atom stereocenters. The molecule has 1 amide bonds. The summed E-state index contributed by atoms with van der Waals surface area (Å²) in [5, 5.41) is 0. The standard InChI is InChI=1S/C24H29NO3/c1-4-5-17-25-23(26)28-22(18-20-9-7-6-8-10-20)24(25,2)16-15-19-11-13-21(27-3)14-12-19/h6-14,18H,4-5,15-17H2,1-3H3/b22-18-. The number of nitrogens with zero attached hydrogens (tertiary/aromatic N) is 1. The van der Waals surface area contributed by atoms with Gasteiger partial charge in [-0.3, -0.25) is 4.90 Å².